The largest absolute Gasteiger partial charge is 0.227 e. The highest BCUT2D eigenvalue weighted by Gasteiger charge is 2.13. The Hall–Kier alpha value is -1.88. The Balaban J connectivity index is 1.84. The van der Waals surface area contributed by atoms with E-state index in [9.17, 15) is 0 Å². The number of H-pyrrole nitrogens is 1. The van der Waals surface area contributed by atoms with E-state index < -0.39 is 0 Å². The molecule has 0 fully saturated rings. The molecule has 0 spiro atoms. The second-order valence-corrected chi connectivity index (χ2v) is 6.30. The van der Waals surface area contributed by atoms with E-state index >= 15 is 0 Å². The van der Waals surface area contributed by atoms with Gasteiger partial charge in [-0.2, -0.15) is 15.6 Å². The average Bonchev–Trinajstić information content (AvgIpc) is 3.09. The Bertz CT molecular complexity index is 772. The average molecular weight is 320 g/mol. The van der Waals surface area contributed by atoms with Crippen LogP contribution in [0.4, 0.5) is 0 Å². The van der Waals surface area contributed by atoms with Crippen molar-refractivity contribution in [2.24, 2.45) is 0 Å². The number of nitrogens with zero attached hydrogens (tertiary/aromatic N) is 4. The van der Waals surface area contributed by atoms with Crippen molar-refractivity contribution in [3.63, 3.8) is 0 Å². The zero-order chi connectivity index (χ0) is 13.9. The summed E-state index contributed by atoms with van der Waals surface area (Å²) in [6.45, 7) is 0. The second kappa shape index (κ2) is 5.63. The van der Waals surface area contributed by atoms with E-state index in [1.807, 2.05) is 35.7 Å². The smallest absolute Gasteiger partial charge is 0.192 e. The highest BCUT2D eigenvalue weighted by molar-refractivity contribution is 8.01. The normalized spacial score (nSPS) is 10.4. The number of thiazole rings is 1. The molecule has 0 amide bonds. The molecular weight excluding hydrogens is 314 g/mol. The number of hydrogen-bond donors (Lipinski definition) is 1. The molecule has 0 bridgehead atoms. The Labute approximate surface area is 127 Å². The minimum Gasteiger partial charge on any atom is -0.227 e. The number of aromatic amines is 1. The lowest BCUT2D eigenvalue weighted by molar-refractivity contribution is 0.936. The summed E-state index contributed by atoms with van der Waals surface area (Å²) in [5.41, 5.74) is 1.38. The van der Waals surface area contributed by atoms with Crippen molar-refractivity contribution in [1.82, 2.24) is 20.4 Å². The van der Waals surface area contributed by atoms with Crippen molar-refractivity contribution < 1.29 is 0 Å². The number of benzene rings is 1. The molecule has 2 heterocycles. The molecule has 98 valence electrons. The van der Waals surface area contributed by atoms with Crippen LogP contribution in [0, 0.1) is 11.3 Å². The van der Waals surface area contributed by atoms with Crippen molar-refractivity contribution >= 4 is 34.7 Å². The quantitative estimate of drug-likeness (QED) is 0.798. The maximum atomic E-state index is 8.92. The van der Waals surface area contributed by atoms with Crippen LogP contribution in [0.2, 0.25) is 5.02 Å². The number of nitrogens with one attached hydrogen (secondary N) is 1. The molecule has 0 unspecified atom stereocenters. The van der Waals surface area contributed by atoms with Crippen LogP contribution in [0.3, 0.4) is 0 Å². The summed E-state index contributed by atoms with van der Waals surface area (Å²) in [7, 11) is 0. The van der Waals surface area contributed by atoms with E-state index in [0.717, 1.165) is 9.24 Å². The standard InChI is InChI=1S/C12H6ClN5S2/c13-7-1-3-8(4-2-7)20-12-15-10(6-19-12)11-9(5-14)16-18-17-11/h1-4,6H,(H,16,17,18). The van der Waals surface area contributed by atoms with Gasteiger partial charge in [-0.15, -0.1) is 16.4 Å². The van der Waals surface area contributed by atoms with Crippen molar-refractivity contribution in [3.05, 3.63) is 40.4 Å². The molecule has 2 aromatic heterocycles. The summed E-state index contributed by atoms with van der Waals surface area (Å²) >= 11 is 8.88. The highest BCUT2D eigenvalue weighted by atomic mass is 35.5. The van der Waals surface area contributed by atoms with Crippen molar-refractivity contribution in [2.75, 3.05) is 0 Å². The van der Waals surface area contributed by atoms with Gasteiger partial charge in [0.25, 0.3) is 0 Å². The van der Waals surface area contributed by atoms with Gasteiger partial charge >= 0.3 is 0 Å². The minimum atomic E-state index is 0.248. The van der Waals surface area contributed by atoms with E-state index in [0.29, 0.717) is 16.4 Å². The molecule has 1 aromatic carbocycles. The monoisotopic (exact) mass is 319 g/mol. The molecule has 0 saturated carbocycles. The first-order valence-electron chi connectivity index (χ1n) is 5.46. The Morgan fingerprint density at radius 1 is 1.25 bits per heavy atom. The van der Waals surface area contributed by atoms with Crippen LogP contribution in [0.15, 0.2) is 38.9 Å². The molecule has 20 heavy (non-hydrogen) atoms. The molecular formula is C12H6ClN5S2. The number of nitriles is 1. The Morgan fingerprint density at radius 3 is 2.80 bits per heavy atom. The minimum absolute atomic E-state index is 0.248. The van der Waals surface area contributed by atoms with Crippen LogP contribution >= 0.6 is 34.7 Å². The second-order valence-electron chi connectivity index (χ2n) is 3.69. The summed E-state index contributed by atoms with van der Waals surface area (Å²) in [6, 6.07) is 9.52. The predicted octanol–water partition coefficient (Wildman–Crippen LogP) is 3.60. The fourth-order valence-electron chi connectivity index (χ4n) is 1.50. The molecule has 3 aromatic rings. The summed E-state index contributed by atoms with van der Waals surface area (Å²) in [4.78, 5) is 5.51. The van der Waals surface area contributed by atoms with E-state index in [1.54, 1.807) is 0 Å². The predicted molar refractivity (Wildman–Crippen MR) is 77.8 cm³/mol. The van der Waals surface area contributed by atoms with Gasteiger partial charge in [0.1, 0.15) is 17.5 Å². The molecule has 0 saturated heterocycles. The third kappa shape index (κ3) is 2.67. The lowest BCUT2D eigenvalue weighted by Crippen LogP contribution is -1.82. The van der Waals surface area contributed by atoms with E-state index in [2.05, 4.69) is 20.4 Å². The fraction of sp³-hybridized carbons (Fsp3) is 0. The topological polar surface area (TPSA) is 78.2 Å². The Kier molecular flexibility index (Phi) is 3.69. The van der Waals surface area contributed by atoms with E-state index in [4.69, 9.17) is 16.9 Å². The first-order chi connectivity index (χ1) is 9.76. The van der Waals surface area contributed by atoms with Crippen molar-refractivity contribution in [3.8, 4) is 17.5 Å². The van der Waals surface area contributed by atoms with E-state index in [1.165, 1.54) is 23.1 Å². The van der Waals surface area contributed by atoms with Crippen LogP contribution in [-0.4, -0.2) is 20.4 Å². The van der Waals surface area contributed by atoms with Crippen LogP contribution in [0.1, 0.15) is 5.69 Å². The van der Waals surface area contributed by atoms with Crippen molar-refractivity contribution in [2.45, 2.75) is 9.24 Å². The van der Waals surface area contributed by atoms with Gasteiger partial charge in [0.2, 0.25) is 0 Å². The third-order valence-electron chi connectivity index (χ3n) is 2.40. The van der Waals surface area contributed by atoms with Gasteiger partial charge in [0, 0.05) is 15.3 Å². The van der Waals surface area contributed by atoms with Crippen LogP contribution in [-0.2, 0) is 0 Å². The molecule has 0 radical (unpaired) electrons. The molecule has 0 aliphatic carbocycles. The maximum absolute atomic E-state index is 8.92. The highest BCUT2D eigenvalue weighted by Crippen LogP contribution is 2.33. The SMILES string of the molecule is N#Cc1n[nH]nc1-c1csc(Sc2ccc(Cl)cc2)n1. The first kappa shape index (κ1) is 13.1. The van der Waals surface area contributed by atoms with Crippen LogP contribution in [0.5, 0.6) is 0 Å². The Morgan fingerprint density at radius 2 is 2.05 bits per heavy atom. The van der Waals surface area contributed by atoms with Gasteiger partial charge in [0.15, 0.2) is 10.0 Å². The molecule has 0 atom stereocenters. The summed E-state index contributed by atoms with van der Waals surface area (Å²) in [5, 5.41) is 21.6. The fourth-order valence-corrected chi connectivity index (χ4v) is 3.40. The van der Waals surface area contributed by atoms with E-state index in [-0.39, 0.29) is 5.69 Å². The number of hydrogen-bond acceptors (Lipinski definition) is 6. The number of halogens is 1. The summed E-state index contributed by atoms with van der Waals surface area (Å²) in [5.74, 6) is 0. The first-order valence-corrected chi connectivity index (χ1v) is 7.54. The van der Waals surface area contributed by atoms with Gasteiger partial charge in [-0.25, -0.2) is 4.98 Å². The molecule has 1 N–H and O–H groups in total. The maximum Gasteiger partial charge on any atom is 0.192 e. The molecule has 3 rings (SSSR count). The van der Waals surface area contributed by atoms with Gasteiger partial charge < -0.3 is 0 Å². The lowest BCUT2D eigenvalue weighted by Gasteiger charge is -1.96. The van der Waals surface area contributed by atoms with Gasteiger partial charge in [-0.3, -0.25) is 0 Å². The third-order valence-corrected chi connectivity index (χ3v) is 4.60. The van der Waals surface area contributed by atoms with Crippen LogP contribution in [0.25, 0.3) is 11.4 Å². The van der Waals surface area contributed by atoms with Gasteiger partial charge in [-0.05, 0) is 24.3 Å². The molecule has 0 aliphatic rings. The zero-order valence-electron chi connectivity index (χ0n) is 9.87. The van der Waals surface area contributed by atoms with Gasteiger partial charge in [0.05, 0.1) is 0 Å². The summed E-state index contributed by atoms with van der Waals surface area (Å²) < 4.78 is 0.870. The van der Waals surface area contributed by atoms with Crippen LogP contribution < -0.4 is 0 Å². The zero-order valence-corrected chi connectivity index (χ0v) is 12.3. The molecule has 5 nitrogen and oxygen atoms in total. The summed E-state index contributed by atoms with van der Waals surface area (Å²) in [6.07, 6.45) is 0. The van der Waals surface area contributed by atoms with Gasteiger partial charge in [-0.1, -0.05) is 23.4 Å². The van der Waals surface area contributed by atoms with Crippen molar-refractivity contribution in [1.29, 1.82) is 5.26 Å². The number of aromatic nitrogens is 4. The molecule has 8 heteroatoms. The lowest BCUT2D eigenvalue weighted by atomic mass is 10.3. The number of rotatable bonds is 3. The molecule has 0 aliphatic heterocycles.